The molecule has 2 aromatic rings. The van der Waals surface area contributed by atoms with Crippen molar-refractivity contribution in [3.05, 3.63) is 53.6 Å². The van der Waals surface area contributed by atoms with Gasteiger partial charge >= 0.3 is 5.97 Å². The van der Waals surface area contributed by atoms with Gasteiger partial charge in [0.15, 0.2) is 0 Å². The third-order valence-corrected chi connectivity index (χ3v) is 2.77. The summed E-state index contributed by atoms with van der Waals surface area (Å²) < 4.78 is 0. The van der Waals surface area contributed by atoms with Gasteiger partial charge in [-0.25, -0.2) is 0 Å². The molecule has 0 amide bonds. The number of phenolic OH excluding ortho intramolecular Hbond substituents is 1. The lowest BCUT2D eigenvalue weighted by Crippen LogP contribution is -2.00. The van der Waals surface area contributed by atoms with E-state index in [1.54, 1.807) is 12.1 Å². The molecule has 2 N–H and O–H groups in total. The van der Waals surface area contributed by atoms with Crippen molar-refractivity contribution >= 4 is 5.97 Å². The monoisotopic (exact) mass is 242 g/mol. The number of phenols is 1. The second kappa shape index (κ2) is 4.92. The van der Waals surface area contributed by atoms with Crippen molar-refractivity contribution < 1.29 is 15.0 Å². The zero-order chi connectivity index (χ0) is 13.1. The molecule has 0 unspecified atom stereocenters. The van der Waals surface area contributed by atoms with Gasteiger partial charge in [0.2, 0.25) is 0 Å². The number of hydrogen-bond acceptors (Lipinski definition) is 2. The Bertz CT molecular complexity index is 588. The standard InChI is InChI=1S/C15H14O3/c1-10-3-2-4-11(7-10)12-5-6-14(16)13(8-12)9-15(17)18/h2-8,16H,9H2,1H3,(H,17,18). The molecule has 2 aromatic carbocycles. The number of carboxylic acid groups (broad SMARTS) is 1. The summed E-state index contributed by atoms with van der Waals surface area (Å²) in [5, 5.41) is 18.4. The Hall–Kier alpha value is -2.29. The van der Waals surface area contributed by atoms with Gasteiger partial charge in [-0.05, 0) is 30.2 Å². The normalized spacial score (nSPS) is 10.3. The minimum Gasteiger partial charge on any atom is -0.508 e. The van der Waals surface area contributed by atoms with Crippen molar-refractivity contribution in [2.24, 2.45) is 0 Å². The molecule has 0 radical (unpaired) electrons. The average Bonchev–Trinajstić information content (AvgIpc) is 2.31. The van der Waals surface area contributed by atoms with Crippen molar-refractivity contribution in [1.29, 1.82) is 0 Å². The topological polar surface area (TPSA) is 57.5 Å². The Morgan fingerprint density at radius 3 is 2.50 bits per heavy atom. The third-order valence-electron chi connectivity index (χ3n) is 2.77. The Morgan fingerprint density at radius 1 is 1.11 bits per heavy atom. The van der Waals surface area contributed by atoms with Crippen molar-refractivity contribution in [2.45, 2.75) is 13.3 Å². The van der Waals surface area contributed by atoms with E-state index >= 15 is 0 Å². The molecule has 0 spiro atoms. The van der Waals surface area contributed by atoms with E-state index in [1.807, 2.05) is 31.2 Å². The van der Waals surface area contributed by atoms with Gasteiger partial charge in [0.05, 0.1) is 6.42 Å². The molecular formula is C15H14O3. The lowest BCUT2D eigenvalue weighted by molar-refractivity contribution is -0.136. The first-order valence-electron chi connectivity index (χ1n) is 5.67. The van der Waals surface area contributed by atoms with Crippen LogP contribution in [0.25, 0.3) is 11.1 Å². The number of aryl methyl sites for hydroxylation is 1. The molecule has 0 aromatic heterocycles. The fourth-order valence-electron chi connectivity index (χ4n) is 1.89. The van der Waals surface area contributed by atoms with E-state index in [0.29, 0.717) is 5.56 Å². The summed E-state index contributed by atoms with van der Waals surface area (Å²) in [7, 11) is 0. The first-order valence-corrected chi connectivity index (χ1v) is 5.67. The number of rotatable bonds is 3. The van der Waals surface area contributed by atoms with Crippen molar-refractivity contribution in [3.63, 3.8) is 0 Å². The highest BCUT2D eigenvalue weighted by Gasteiger charge is 2.08. The van der Waals surface area contributed by atoms with Gasteiger partial charge in [-0.1, -0.05) is 35.9 Å². The third kappa shape index (κ3) is 2.69. The number of aromatic hydroxyl groups is 1. The van der Waals surface area contributed by atoms with Crippen LogP contribution in [-0.2, 0) is 11.2 Å². The number of benzene rings is 2. The molecule has 0 atom stereocenters. The molecular weight excluding hydrogens is 228 g/mol. The second-order valence-electron chi connectivity index (χ2n) is 4.28. The van der Waals surface area contributed by atoms with E-state index in [2.05, 4.69) is 0 Å². The SMILES string of the molecule is Cc1cccc(-c2ccc(O)c(CC(=O)O)c2)c1. The van der Waals surface area contributed by atoms with Gasteiger partial charge in [-0.15, -0.1) is 0 Å². The van der Waals surface area contributed by atoms with E-state index in [0.717, 1.165) is 16.7 Å². The zero-order valence-corrected chi connectivity index (χ0v) is 10.1. The van der Waals surface area contributed by atoms with Crippen LogP contribution < -0.4 is 0 Å². The molecule has 0 aliphatic heterocycles. The van der Waals surface area contributed by atoms with Crippen LogP contribution >= 0.6 is 0 Å². The van der Waals surface area contributed by atoms with E-state index in [-0.39, 0.29) is 12.2 Å². The van der Waals surface area contributed by atoms with Crippen LogP contribution in [0.5, 0.6) is 5.75 Å². The highest BCUT2D eigenvalue weighted by Crippen LogP contribution is 2.26. The van der Waals surface area contributed by atoms with Gasteiger partial charge in [0.25, 0.3) is 0 Å². The first-order chi connectivity index (χ1) is 8.56. The van der Waals surface area contributed by atoms with Crippen LogP contribution in [-0.4, -0.2) is 16.2 Å². The van der Waals surface area contributed by atoms with Gasteiger partial charge in [-0.3, -0.25) is 4.79 Å². The van der Waals surface area contributed by atoms with Gasteiger partial charge in [0.1, 0.15) is 5.75 Å². The van der Waals surface area contributed by atoms with Crippen LogP contribution in [0, 0.1) is 6.92 Å². The van der Waals surface area contributed by atoms with Crippen LogP contribution in [0.4, 0.5) is 0 Å². The summed E-state index contributed by atoms with van der Waals surface area (Å²) >= 11 is 0. The highest BCUT2D eigenvalue weighted by atomic mass is 16.4. The van der Waals surface area contributed by atoms with Crippen LogP contribution in [0.3, 0.4) is 0 Å². The van der Waals surface area contributed by atoms with Crippen molar-refractivity contribution in [1.82, 2.24) is 0 Å². The molecule has 18 heavy (non-hydrogen) atoms. The molecule has 3 nitrogen and oxygen atoms in total. The zero-order valence-electron chi connectivity index (χ0n) is 10.1. The minimum atomic E-state index is -0.952. The number of hydrogen-bond donors (Lipinski definition) is 2. The highest BCUT2D eigenvalue weighted by molar-refractivity contribution is 5.74. The molecule has 0 heterocycles. The summed E-state index contributed by atoms with van der Waals surface area (Å²) in [6.45, 7) is 2.00. The molecule has 0 saturated carbocycles. The Balaban J connectivity index is 2.43. The Labute approximate surface area is 105 Å². The molecule has 2 rings (SSSR count). The molecule has 0 saturated heterocycles. The summed E-state index contributed by atoms with van der Waals surface area (Å²) in [5.74, 6) is -0.930. The molecule has 0 aliphatic rings. The van der Waals surface area contributed by atoms with E-state index < -0.39 is 5.97 Å². The van der Waals surface area contributed by atoms with Crippen LogP contribution in [0.1, 0.15) is 11.1 Å². The summed E-state index contributed by atoms with van der Waals surface area (Å²) in [5.41, 5.74) is 3.50. The summed E-state index contributed by atoms with van der Waals surface area (Å²) in [6, 6.07) is 13.0. The molecule has 0 bridgehead atoms. The summed E-state index contributed by atoms with van der Waals surface area (Å²) in [4.78, 5) is 10.7. The Morgan fingerprint density at radius 2 is 1.83 bits per heavy atom. The number of aliphatic carboxylic acids is 1. The lowest BCUT2D eigenvalue weighted by Gasteiger charge is -2.07. The van der Waals surface area contributed by atoms with Crippen LogP contribution in [0.15, 0.2) is 42.5 Å². The first kappa shape index (κ1) is 12.2. The fraction of sp³-hybridized carbons (Fsp3) is 0.133. The summed E-state index contributed by atoms with van der Waals surface area (Å²) in [6.07, 6.45) is -0.175. The molecule has 0 fully saturated rings. The van der Waals surface area contributed by atoms with E-state index in [4.69, 9.17) is 5.11 Å². The van der Waals surface area contributed by atoms with Gasteiger partial charge in [-0.2, -0.15) is 0 Å². The van der Waals surface area contributed by atoms with E-state index in [1.165, 1.54) is 6.07 Å². The largest absolute Gasteiger partial charge is 0.508 e. The quantitative estimate of drug-likeness (QED) is 0.869. The maximum absolute atomic E-state index is 10.7. The Kier molecular flexibility index (Phi) is 3.33. The number of carboxylic acids is 1. The van der Waals surface area contributed by atoms with E-state index in [9.17, 15) is 9.90 Å². The van der Waals surface area contributed by atoms with Crippen LogP contribution in [0.2, 0.25) is 0 Å². The van der Waals surface area contributed by atoms with Crippen molar-refractivity contribution in [2.75, 3.05) is 0 Å². The lowest BCUT2D eigenvalue weighted by atomic mass is 10.00. The molecule has 92 valence electrons. The maximum atomic E-state index is 10.7. The molecule has 3 heteroatoms. The predicted molar refractivity (Wildman–Crippen MR) is 69.6 cm³/mol. The average molecular weight is 242 g/mol. The van der Waals surface area contributed by atoms with Gasteiger partial charge < -0.3 is 10.2 Å². The maximum Gasteiger partial charge on any atom is 0.307 e. The second-order valence-corrected chi connectivity index (χ2v) is 4.28. The fourth-order valence-corrected chi connectivity index (χ4v) is 1.89. The molecule has 0 aliphatic carbocycles. The smallest absolute Gasteiger partial charge is 0.307 e. The minimum absolute atomic E-state index is 0.0220. The van der Waals surface area contributed by atoms with Crippen molar-refractivity contribution in [3.8, 4) is 16.9 Å². The predicted octanol–water partition coefficient (Wildman–Crippen LogP) is 2.99. The van der Waals surface area contributed by atoms with Gasteiger partial charge in [0, 0.05) is 5.56 Å². The number of carbonyl (C=O) groups is 1.